The second-order valence-electron chi connectivity index (χ2n) is 6.21. The Bertz CT molecular complexity index is 1220. The molecule has 0 aliphatic rings. The van der Waals surface area contributed by atoms with E-state index in [2.05, 4.69) is 26.0 Å². The maximum absolute atomic E-state index is 14.5. The standard InChI is InChI=1S/C20H9BrF7NO2.C2H6.CH3F/c1-7-2-3-12(10(22)4-7)29-19-8(5-9(21)14(24)18(19)28)20(30)31-13-6-11(23)15(25)17(27)16(13)26;2*1-2/h2-6,29H,1H3;1-2H3;1H3. The minimum atomic E-state index is -2.24. The summed E-state index contributed by atoms with van der Waals surface area (Å²) in [4.78, 5) is 12.5. The lowest BCUT2D eigenvalue weighted by Gasteiger charge is -2.15. The molecule has 12 heteroatoms. The van der Waals surface area contributed by atoms with E-state index in [0.29, 0.717) is 12.7 Å². The summed E-state index contributed by atoms with van der Waals surface area (Å²) in [5.74, 6) is -15.1. The molecule has 0 aliphatic carbocycles. The van der Waals surface area contributed by atoms with E-state index in [-0.39, 0.29) is 11.8 Å². The molecule has 190 valence electrons. The van der Waals surface area contributed by atoms with Gasteiger partial charge in [0.2, 0.25) is 11.6 Å². The number of aryl methyl sites for hydroxylation is 1. The van der Waals surface area contributed by atoms with Gasteiger partial charge in [-0.2, -0.15) is 4.39 Å². The van der Waals surface area contributed by atoms with Crippen LogP contribution in [0, 0.1) is 47.6 Å². The van der Waals surface area contributed by atoms with Crippen molar-refractivity contribution in [3.63, 3.8) is 0 Å². The summed E-state index contributed by atoms with van der Waals surface area (Å²) in [5.41, 5.74) is -1.50. The van der Waals surface area contributed by atoms with Crippen LogP contribution in [0.4, 0.5) is 46.5 Å². The Morgan fingerprint density at radius 1 is 0.800 bits per heavy atom. The number of alkyl halides is 1. The zero-order valence-corrected chi connectivity index (χ0v) is 20.2. The number of nitrogens with one attached hydrogen (secondary N) is 1. The van der Waals surface area contributed by atoms with E-state index < -0.39 is 68.2 Å². The van der Waals surface area contributed by atoms with Gasteiger partial charge in [-0.25, -0.2) is 31.1 Å². The highest BCUT2D eigenvalue weighted by atomic mass is 79.9. The highest BCUT2D eigenvalue weighted by Gasteiger charge is 2.27. The van der Waals surface area contributed by atoms with Crippen LogP contribution in [0.15, 0.2) is 34.8 Å². The van der Waals surface area contributed by atoms with E-state index in [9.17, 15) is 39.9 Å². The zero-order chi connectivity index (χ0) is 27.0. The van der Waals surface area contributed by atoms with Gasteiger partial charge in [-0.1, -0.05) is 19.9 Å². The zero-order valence-electron chi connectivity index (χ0n) is 18.6. The van der Waals surface area contributed by atoms with Crippen LogP contribution in [-0.4, -0.2) is 13.1 Å². The predicted molar refractivity (Wildman–Crippen MR) is 118 cm³/mol. The van der Waals surface area contributed by atoms with Crippen LogP contribution in [-0.2, 0) is 0 Å². The average molecular weight is 572 g/mol. The third-order valence-electron chi connectivity index (χ3n) is 4.04. The summed E-state index contributed by atoms with van der Waals surface area (Å²) in [5, 5.41) is 2.20. The first-order valence-electron chi connectivity index (χ1n) is 9.64. The van der Waals surface area contributed by atoms with E-state index in [1.807, 2.05) is 13.8 Å². The third kappa shape index (κ3) is 6.71. The molecule has 0 atom stereocenters. The van der Waals surface area contributed by atoms with Crippen molar-refractivity contribution in [1.29, 1.82) is 0 Å². The lowest BCUT2D eigenvalue weighted by Crippen LogP contribution is -2.15. The van der Waals surface area contributed by atoms with Crippen molar-refractivity contribution in [3.8, 4) is 5.75 Å². The van der Waals surface area contributed by atoms with Gasteiger partial charge in [0, 0.05) is 6.07 Å². The summed E-state index contributed by atoms with van der Waals surface area (Å²) in [6, 6.07) is 4.49. The number of ether oxygens (including phenoxy) is 1. The Morgan fingerprint density at radius 2 is 1.40 bits per heavy atom. The van der Waals surface area contributed by atoms with Gasteiger partial charge >= 0.3 is 5.97 Å². The van der Waals surface area contributed by atoms with E-state index >= 15 is 0 Å². The number of halogens is 9. The Morgan fingerprint density at radius 3 is 1.97 bits per heavy atom. The molecule has 0 bridgehead atoms. The molecule has 0 aromatic heterocycles. The minimum Gasteiger partial charge on any atom is -0.419 e. The Balaban J connectivity index is 0.00000145. The van der Waals surface area contributed by atoms with Gasteiger partial charge in [0.25, 0.3) is 0 Å². The summed E-state index contributed by atoms with van der Waals surface area (Å²) >= 11 is 2.67. The van der Waals surface area contributed by atoms with Gasteiger partial charge in [-0.05, 0) is 46.6 Å². The molecule has 0 radical (unpaired) electrons. The predicted octanol–water partition coefficient (Wildman–Crippen LogP) is 8.31. The third-order valence-corrected chi connectivity index (χ3v) is 4.62. The van der Waals surface area contributed by atoms with Gasteiger partial charge in [-0.15, -0.1) is 0 Å². The van der Waals surface area contributed by atoms with Crippen molar-refractivity contribution in [1.82, 2.24) is 0 Å². The van der Waals surface area contributed by atoms with Crippen molar-refractivity contribution in [2.75, 3.05) is 12.5 Å². The van der Waals surface area contributed by atoms with Crippen molar-refractivity contribution in [2.45, 2.75) is 20.8 Å². The maximum atomic E-state index is 14.5. The molecule has 0 amide bonds. The molecule has 0 heterocycles. The number of anilines is 2. The van der Waals surface area contributed by atoms with E-state index in [0.717, 1.165) is 12.1 Å². The molecule has 1 N–H and O–H groups in total. The molecule has 0 unspecified atom stereocenters. The van der Waals surface area contributed by atoms with Gasteiger partial charge in [-0.3, -0.25) is 4.39 Å². The monoisotopic (exact) mass is 571 g/mol. The van der Waals surface area contributed by atoms with Crippen LogP contribution in [0.2, 0.25) is 0 Å². The molecule has 0 fully saturated rings. The first kappa shape index (κ1) is 29.9. The first-order valence-corrected chi connectivity index (χ1v) is 10.4. The lowest BCUT2D eigenvalue weighted by atomic mass is 10.1. The summed E-state index contributed by atoms with van der Waals surface area (Å²) in [6.07, 6.45) is 0. The Kier molecular flexibility index (Phi) is 11.2. The van der Waals surface area contributed by atoms with Crippen molar-refractivity contribution in [3.05, 3.63) is 86.7 Å². The number of carbonyl (C=O) groups excluding carboxylic acids is 1. The van der Waals surface area contributed by atoms with Crippen molar-refractivity contribution < 1.29 is 44.7 Å². The molecular formula is C23H18BrF8NO2. The van der Waals surface area contributed by atoms with Crippen LogP contribution in [0.1, 0.15) is 29.8 Å². The molecular weight excluding hydrogens is 554 g/mol. The van der Waals surface area contributed by atoms with E-state index in [1.165, 1.54) is 12.1 Å². The number of hydrogen-bond donors (Lipinski definition) is 1. The van der Waals surface area contributed by atoms with Crippen LogP contribution < -0.4 is 10.1 Å². The Hall–Kier alpha value is -3.15. The van der Waals surface area contributed by atoms with Gasteiger partial charge in [0.15, 0.2) is 29.0 Å². The molecule has 3 aromatic carbocycles. The summed E-state index contributed by atoms with van der Waals surface area (Å²) in [6.45, 7) is 5.57. The second-order valence-corrected chi connectivity index (χ2v) is 7.06. The fourth-order valence-corrected chi connectivity index (χ4v) is 2.92. The molecule has 3 rings (SSSR count). The summed E-state index contributed by atoms with van der Waals surface area (Å²) < 4.78 is 110. The molecule has 3 aromatic rings. The van der Waals surface area contributed by atoms with Crippen LogP contribution in [0.3, 0.4) is 0 Å². The maximum Gasteiger partial charge on any atom is 0.345 e. The van der Waals surface area contributed by atoms with E-state index in [4.69, 9.17) is 0 Å². The SMILES string of the molecule is CC.CF.Cc1ccc(Nc2c(C(=O)Oc3cc(F)c(F)c(F)c3F)cc(Br)c(F)c2F)c(F)c1. The average Bonchev–Trinajstić information content (AvgIpc) is 2.85. The topological polar surface area (TPSA) is 38.3 Å². The number of carbonyl (C=O) groups is 1. The van der Waals surface area contributed by atoms with Crippen LogP contribution in [0.25, 0.3) is 0 Å². The molecule has 0 saturated heterocycles. The highest BCUT2D eigenvalue weighted by molar-refractivity contribution is 9.10. The highest BCUT2D eigenvalue weighted by Crippen LogP contribution is 2.34. The largest absolute Gasteiger partial charge is 0.419 e. The van der Waals surface area contributed by atoms with Crippen LogP contribution in [0.5, 0.6) is 5.75 Å². The fraction of sp³-hybridized carbons (Fsp3) is 0.174. The van der Waals surface area contributed by atoms with Gasteiger partial charge in [0.1, 0.15) is 5.82 Å². The van der Waals surface area contributed by atoms with Gasteiger partial charge in [0.05, 0.1) is 28.6 Å². The smallest absolute Gasteiger partial charge is 0.345 e. The summed E-state index contributed by atoms with van der Waals surface area (Å²) in [7, 11) is 0.500. The first-order chi connectivity index (χ1) is 16.5. The second kappa shape index (κ2) is 13.1. The number of esters is 1. The minimum absolute atomic E-state index is 0.0628. The molecule has 0 saturated carbocycles. The van der Waals surface area contributed by atoms with E-state index in [1.54, 1.807) is 6.92 Å². The quantitative estimate of drug-likeness (QED) is 0.112. The molecule has 0 aliphatic heterocycles. The fourth-order valence-electron chi connectivity index (χ4n) is 2.51. The van der Waals surface area contributed by atoms with Crippen molar-refractivity contribution >= 4 is 33.3 Å². The number of rotatable bonds is 4. The van der Waals surface area contributed by atoms with Crippen LogP contribution >= 0.6 is 15.9 Å². The molecule has 3 nitrogen and oxygen atoms in total. The molecule has 35 heavy (non-hydrogen) atoms. The Labute approximate surface area is 203 Å². The van der Waals surface area contributed by atoms with Gasteiger partial charge < -0.3 is 10.1 Å². The number of benzene rings is 3. The normalized spacial score (nSPS) is 9.97. The lowest BCUT2D eigenvalue weighted by molar-refractivity contribution is 0.0725. The number of hydrogen-bond acceptors (Lipinski definition) is 3. The van der Waals surface area contributed by atoms with Crippen molar-refractivity contribution in [2.24, 2.45) is 0 Å². The molecule has 0 spiro atoms.